The van der Waals surface area contributed by atoms with Crippen LogP contribution < -0.4 is 4.90 Å². The number of alkyl halides is 1. The molecule has 2 heterocycles. The maximum Gasteiger partial charge on any atom is 0.128 e. The van der Waals surface area contributed by atoms with Crippen molar-refractivity contribution in [1.82, 2.24) is 4.98 Å². The number of aryl methyl sites for hydroxylation is 1. The molecule has 0 radical (unpaired) electrons. The summed E-state index contributed by atoms with van der Waals surface area (Å²) in [4.78, 5) is 6.82. The quantitative estimate of drug-likeness (QED) is 0.785. The molecule has 0 N–H and O–H groups in total. The predicted octanol–water partition coefficient (Wildman–Crippen LogP) is 2.99. The van der Waals surface area contributed by atoms with Crippen molar-refractivity contribution < 1.29 is 4.74 Å². The highest BCUT2D eigenvalue weighted by Gasteiger charge is 2.16. The van der Waals surface area contributed by atoms with Crippen molar-refractivity contribution in [1.29, 1.82) is 0 Å². The number of rotatable bonds is 4. The van der Waals surface area contributed by atoms with E-state index in [1.165, 1.54) is 12.8 Å². The lowest BCUT2D eigenvalue weighted by Crippen LogP contribution is -2.31. The highest BCUT2D eigenvalue weighted by molar-refractivity contribution is 6.17. The zero-order valence-corrected chi connectivity index (χ0v) is 11.9. The summed E-state index contributed by atoms with van der Waals surface area (Å²) >= 11 is 5.85. The van der Waals surface area contributed by atoms with Crippen molar-refractivity contribution >= 4 is 17.4 Å². The topological polar surface area (TPSA) is 25.4 Å². The second-order valence-corrected chi connectivity index (χ2v) is 5.28. The number of hydrogen-bond acceptors (Lipinski definition) is 3. The van der Waals surface area contributed by atoms with Crippen LogP contribution in [0.2, 0.25) is 0 Å². The van der Waals surface area contributed by atoms with Crippen LogP contribution in [-0.2, 0) is 10.6 Å². The van der Waals surface area contributed by atoms with Crippen LogP contribution in [0.4, 0.5) is 5.82 Å². The van der Waals surface area contributed by atoms with Gasteiger partial charge in [-0.15, -0.1) is 11.6 Å². The van der Waals surface area contributed by atoms with Gasteiger partial charge in [-0.3, -0.25) is 0 Å². The number of hydrogen-bond donors (Lipinski definition) is 0. The molecule has 1 saturated heterocycles. The van der Waals surface area contributed by atoms with E-state index in [1.54, 1.807) is 0 Å². The van der Waals surface area contributed by atoms with Gasteiger partial charge in [0, 0.05) is 31.8 Å². The molecule has 1 fully saturated rings. The molecule has 0 bridgehead atoms. The summed E-state index contributed by atoms with van der Waals surface area (Å²) < 4.78 is 5.51. The molecule has 2 rings (SSSR count). The van der Waals surface area contributed by atoms with Crippen LogP contribution in [0.15, 0.2) is 12.1 Å². The van der Waals surface area contributed by atoms with Crippen molar-refractivity contribution in [2.45, 2.75) is 25.6 Å². The average molecular weight is 269 g/mol. The lowest BCUT2D eigenvalue weighted by molar-refractivity contribution is 0.0576. The molecule has 100 valence electrons. The predicted molar refractivity (Wildman–Crippen MR) is 75.3 cm³/mol. The Hall–Kier alpha value is -0.800. The van der Waals surface area contributed by atoms with Gasteiger partial charge in [-0.1, -0.05) is 6.07 Å². The molecule has 3 nitrogen and oxygen atoms in total. The van der Waals surface area contributed by atoms with Crippen LogP contribution in [0, 0.1) is 12.8 Å². The van der Waals surface area contributed by atoms with Crippen LogP contribution in [0.1, 0.15) is 24.1 Å². The zero-order chi connectivity index (χ0) is 13.0. The Morgan fingerprint density at radius 2 is 2.33 bits per heavy atom. The van der Waals surface area contributed by atoms with Crippen LogP contribution in [0.3, 0.4) is 0 Å². The first-order valence-corrected chi connectivity index (χ1v) is 7.05. The van der Waals surface area contributed by atoms with Crippen LogP contribution >= 0.6 is 11.6 Å². The molecule has 0 aliphatic carbocycles. The maximum atomic E-state index is 5.85. The third-order valence-corrected chi connectivity index (χ3v) is 3.79. The fourth-order valence-corrected chi connectivity index (χ4v) is 2.65. The van der Waals surface area contributed by atoms with Gasteiger partial charge in [0.05, 0.1) is 6.61 Å². The van der Waals surface area contributed by atoms with Gasteiger partial charge in [-0.2, -0.15) is 0 Å². The molecule has 0 amide bonds. The highest BCUT2D eigenvalue weighted by atomic mass is 35.5. The molecule has 1 unspecified atom stereocenters. The summed E-state index contributed by atoms with van der Waals surface area (Å²) in [6.45, 7) is 4.82. The Labute approximate surface area is 114 Å². The second-order valence-electron chi connectivity index (χ2n) is 5.01. The van der Waals surface area contributed by atoms with Gasteiger partial charge in [0.2, 0.25) is 0 Å². The summed E-state index contributed by atoms with van der Waals surface area (Å²) in [7, 11) is 2.09. The molecule has 0 saturated carbocycles. The molecule has 1 aliphatic heterocycles. The number of ether oxygens (including phenoxy) is 1. The van der Waals surface area contributed by atoms with E-state index >= 15 is 0 Å². The fraction of sp³-hybridized carbons (Fsp3) is 0.643. The Morgan fingerprint density at radius 3 is 2.94 bits per heavy atom. The highest BCUT2D eigenvalue weighted by Crippen LogP contribution is 2.19. The summed E-state index contributed by atoms with van der Waals surface area (Å²) in [5, 5.41) is 0. The van der Waals surface area contributed by atoms with Gasteiger partial charge in [0.25, 0.3) is 0 Å². The number of nitrogens with zero attached hydrogens (tertiary/aromatic N) is 2. The largest absolute Gasteiger partial charge is 0.381 e. The standard InChI is InChI=1S/C14H21ClN2O/c1-11-13(8-15)5-6-14(16-11)17(2)9-12-4-3-7-18-10-12/h5-6,12H,3-4,7-10H2,1-2H3. The van der Waals surface area contributed by atoms with Crippen molar-refractivity contribution in [2.75, 3.05) is 31.7 Å². The van der Waals surface area contributed by atoms with Crippen LogP contribution in [0.5, 0.6) is 0 Å². The van der Waals surface area contributed by atoms with E-state index in [4.69, 9.17) is 16.3 Å². The summed E-state index contributed by atoms with van der Waals surface area (Å²) in [6, 6.07) is 4.12. The number of aromatic nitrogens is 1. The maximum absolute atomic E-state index is 5.85. The van der Waals surface area contributed by atoms with E-state index in [0.717, 1.165) is 36.8 Å². The summed E-state index contributed by atoms with van der Waals surface area (Å²) in [5.74, 6) is 2.17. The first-order chi connectivity index (χ1) is 8.70. The van der Waals surface area contributed by atoms with Gasteiger partial charge in [0.1, 0.15) is 5.82 Å². The van der Waals surface area contributed by atoms with Crippen molar-refractivity contribution in [2.24, 2.45) is 5.92 Å². The van der Waals surface area contributed by atoms with Gasteiger partial charge in [0.15, 0.2) is 0 Å². The molecular weight excluding hydrogens is 248 g/mol. The first-order valence-electron chi connectivity index (χ1n) is 6.52. The minimum absolute atomic E-state index is 0.527. The van der Waals surface area contributed by atoms with Crippen LogP contribution in [0.25, 0.3) is 0 Å². The molecule has 0 aromatic carbocycles. The van der Waals surface area contributed by atoms with Gasteiger partial charge in [-0.05, 0) is 37.3 Å². The van der Waals surface area contributed by atoms with Gasteiger partial charge in [-0.25, -0.2) is 4.98 Å². The third kappa shape index (κ3) is 3.36. The molecule has 18 heavy (non-hydrogen) atoms. The lowest BCUT2D eigenvalue weighted by atomic mass is 10.0. The van der Waals surface area contributed by atoms with Crippen molar-refractivity contribution in [3.8, 4) is 0 Å². The molecule has 4 heteroatoms. The van der Waals surface area contributed by atoms with E-state index in [0.29, 0.717) is 11.8 Å². The van der Waals surface area contributed by atoms with Crippen molar-refractivity contribution in [3.63, 3.8) is 0 Å². The van der Waals surface area contributed by atoms with Gasteiger partial charge < -0.3 is 9.64 Å². The Morgan fingerprint density at radius 1 is 1.50 bits per heavy atom. The average Bonchev–Trinajstić information content (AvgIpc) is 2.39. The SMILES string of the molecule is Cc1nc(N(C)CC2CCCOC2)ccc1CCl. The fourth-order valence-electron chi connectivity index (χ4n) is 2.36. The zero-order valence-electron chi connectivity index (χ0n) is 11.2. The molecule has 1 aromatic rings. The van der Waals surface area contributed by atoms with E-state index in [9.17, 15) is 0 Å². The van der Waals surface area contributed by atoms with Crippen LogP contribution in [-0.4, -0.2) is 31.8 Å². The molecule has 1 aliphatic rings. The molecule has 1 aromatic heterocycles. The smallest absolute Gasteiger partial charge is 0.128 e. The molecular formula is C14H21ClN2O. The Kier molecular flexibility index (Phi) is 4.84. The molecule has 0 spiro atoms. The summed E-state index contributed by atoms with van der Waals surface area (Å²) in [5.41, 5.74) is 2.13. The van der Waals surface area contributed by atoms with Crippen molar-refractivity contribution in [3.05, 3.63) is 23.4 Å². The Bertz CT molecular complexity index is 391. The minimum atomic E-state index is 0.527. The number of pyridine rings is 1. The molecule has 1 atom stereocenters. The van der Waals surface area contributed by atoms with E-state index < -0.39 is 0 Å². The van der Waals surface area contributed by atoms with Gasteiger partial charge >= 0.3 is 0 Å². The monoisotopic (exact) mass is 268 g/mol. The first kappa shape index (κ1) is 13.6. The summed E-state index contributed by atoms with van der Waals surface area (Å²) in [6.07, 6.45) is 2.43. The minimum Gasteiger partial charge on any atom is -0.381 e. The number of anilines is 1. The normalized spacial score (nSPS) is 19.8. The van der Waals surface area contributed by atoms with E-state index in [-0.39, 0.29) is 0 Å². The Balaban J connectivity index is 1.99. The number of halogens is 1. The van der Waals surface area contributed by atoms with E-state index in [2.05, 4.69) is 23.0 Å². The second kappa shape index (κ2) is 6.39. The lowest BCUT2D eigenvalue weighted by Gasteiger charge is -2.28. The third-order valence-electron chi connectivity index (χ3n) is 3.50. The van der Waals surface area contributed by atoms with E-state index in [1.807, 2.05) is 13.0 Å².